The van der Waals surface area contributed by atoms with E-state index in [2.05, 4.69) is 20.8 Å². The van der Waals surface area contributed by atoms with E-state index in [4.69, 9.17) is 14.2 Å². The molecule has 0 aromatic rings. The van der Waals surface area contributed by atoms with Gasteiger partial charge in [0, 0.05) is 17.8 Å². The van der Waals surface area contributed by atoms with E-state index < -0.39 is 90.7 Å². The molecule has 18 atom stereocenters. The van der Waals surface area contributed by atoms with Crippen LogP contribution in [0, 0.1) is 45.3 Å². The minimum Gasteiger partial charge on any atom is -0.479 e. The summed E-state index contributed by atoms with van der Waals surface area (Å²) in [7, 11) is 0. The lowest BCUT2D eigenvalue weighted by Crippen LogP contribution is -2.69. The van der Waals surface area contributed by atoms with Gasteiger partial charge in [-0.25, -0.2) is 4.79 Å². The molecule has 13 nitrogen and oxygen atoms in total. The minimum absolute atomic E-state index is 0.0227. The number of aliphatic hydroxyl groups is 8. The molecule has 6 fully saturated rings. The van der Waals surface area contributed by atoms with Gasteiger partial charge in [0.15, 0.2) is 11.9 Å². The van der Waals surface area contributed by atoms with Gasteiger partial charge in [0.25, 0.3) is 0 Å². The van der Waals surface area contributed by atoms with Gasteiger partial charge in [-0.3, -0.25) is 0 Å². The lowest BCUT2D eigenvalue weighted by Gasteiger charge is -2.70. The molecule has 0 aromatic heterocycles. The molecule has 13 heteroatoms. The molecule has 4 aliphatic carbocycles. The third-order valence-electron chi connectivity index (χ3n) is 15.8. The molecule has 9 N–H and O–H groups in total. The summed E-state index contributed by atoms with van der Waals surface area (Å²) in [4.78, 5) is 13.2. The highest BCUT2D eigenvalue weighted by Gasteiger charge is 2.72. The molecule has 0 amide bonds. The van der Waals surface area contributed by atoms with Gasteiger partial charge in [-0.1, -0.05) is 27.7 Å². The monoisotopic (exact) mass is 700 g/mol. The molecule has 0 bridgehead atoms. The van der Waals surface area contributed by atoms with Crippen LogP contribution in [-0.2, 0) is 19.0 Å². The molecular formula is C36H60O13. The first-order chi connectivity index (χ1) is 22.8. The van der Waals surface area contributed by atoms with E-state index >= 15 is 0 Å². The van der Waals surface area contributed by atoms with Gasteiger partial charge in [-0.05, 0) is 92.3 Å². The van der Waals surface area contributed by atoms with Crippen LogP contribution in [0.4, 0.5) is 0 Å². The smallest absolute Gasteiger partial charge is 0.336 e. The van der Waals surface area contributed by atoms with Crippen LogP contribution in [0.5, 0.6) is 0 Å². The summed E-state index contributed by atoms with van der Waals surface area (Å²) in [5.41, 5.74) is -4.73. The second kappa shape index (κ2) is 12.6. The van der Waals surface area contributed by atoms with Crippen molar-refractivity contribution in [2.45, 2.75) is 153 Å². The van der Waals surface area contributed by atoms with Crippen molar-refractivity contribution in [2.24, 2.45) is 45.3 Å². The summed E-state index contributed by atoms with van der Waals surface area (Å²) in [6.07, 6.45) is -4.56. The van der Waals surface area contributed by atoms with Gasteiger partial charge >= 0.3 is 5.97 Å². The van der Waals surface area contributed by atoms with E-state index in [0.29, 0.717) is 12.8 Å². The van der Waals surface area contributed by atoms with E-state index in [0.717, 1.165) is 38.5 Å². The Bertz CT molecular complexity index is 1250. The third-order valence-corrected chi connectivity index (χ3v) is 15.8. The van der Waals surface area contributed by atoms with Crippen molar-refractivity contribution in [3.8, 4) is 0 Å². The lowest BCUT2D eigenvalue weighted by molar-refractivity contribution is -0.334. The van der Waals surface area contributed by atoms with Crippen molar-refractivity contribution >= 4 is 5.97 Å². The predicted molar refractivity (Wildman–Crippen MR) is 173 cm³/mol. The fourth-order valence-corrected chi connectivity index (χ4v) is 12.9. The fourth-order valence-electron chi connectivity index (χ4n) is 12.9. The molecule has 49 heavy (non-hydrogen) atoms. The molecular weight excluding hydrogens is 640 g/mol. The molecule has 0 radical (unpaired) electrons. The summed E-state index contributed by atoms with van der Waals surface area (Å²) in [6, 6.07) is 0. The summed E-state index contributed by atoms with van der Waals surface area (Å²) in [5, 5.41) is 94.7. The number of aliphatic carboxylic acids is 1. The third kappa shape index (κ3) is 5.15. The first-order valence-electron chi connectivity index (χ1n) is 18.3. The van der Waals surface area contributed by atoms with E-state index in [1.807, 2.05) is 6.92 Å². The van der Waals surface area contributed by atoms with Gasteiger partial charge in [0.1, 0.15) is 36.1 Å². The van der Waals surface area contributed by atoms with Gasteiger partial charge in [-0.2, -0.15) is 0 Å². The number of hydrogen-bond donors (Lipinski definition) is 9. The van der Waals surface area contributed by atoms with Crippen molar-refractivity contribution in [1.82, 2.24) is 0 Å². The largest absolute Gasteiger partial charge is 0.479 e. The molecule has 2 heterocycles. The van der Waals surface area contributed by atoms with Crippen molar-refractivity contribution in [1.29, 1.82) is 0 Å². The Morgan fingerprint density at radius 2 is 1.43 bits per heavy atom. The number of carboxylic acid groups (broad SMARTS) is 1. The zero-order valence-corrected chi connectivity index (χ0v) is 29.6. The zero-order chi connectivity index (χ0) is 36.1. The zero-order valence-electron chi connectivity index (χ0n) is 29.6. The topological polar surface area (TPSA) is 227 Å². The molecule has 2 aliphatic heterocycles. The van der Waals surface area contributed by atoms with Crippen molar-refractivity contribution in [3.05, 3.63) is 0 Å². The van der Waals surface area contributed by atoms with Crippen LogP contribution in [0.3, 0.4) is 0 Å². The Hall–Kier alpha value is -0.970. The Kier molecular flexibility index (Phi) is 9.69. The standard InChI is InChI=1S/C36H60O13/c1-31-11-10-24(48-29-27(43)26(42)25(41)21(15-37)47-29)32(2,16-38)22(31)9-13-34(4)23(31)7-6-18-19(8-12-33(18,34)3)36(30(45)46)14-20(40)28(44)35(5,17-39)49-36/h18-29,37-44H,6-17H2,1-5H3,(H,45,46). The maximum absolute atomic E-state index is 13.2. The summed E-state index contributed by atoms with van der Waals surface area (Å²) in [5.74, 6) is -1.33. The Balaban J connectivity index is 1.27. The molecule has 6 aliphatic rings. The minimum atomic E-state index is -1.75. The Morgan fingerprint density at radius 1 is 0.755 bits per heavy atom. The average Bonchev–Trinajstić information content (AvgIpc) is 3.43. The van der Waals surface area contributed by atoms with Crippen LogP contribution >= 0.6 is 0 Å². The van der Waals surface area contributed by atoms with Crippen LogP contribution in [-0.4, -0.2) is 132 Å². The number of carboxylic acids is 1. The summed E-state index contributed by atoms with van der Waals surface area (Å²) < 4.78 is 18.4. The Morgan fingerprint density at radius 3 is 2.04 bits per heavy atom. The maximum atomic E-state index is 13.2. The van der Waals surface area contributed by atoms with Crippen LogP contribution in [0.15, 0.2) is 0 Å². The van der Waals surface area contributed by atoms with Crippen LogP contribution in [0.25, 0.3) is 0 Å². The highest BCUT2D eigenvalue weighted by molar-refractivity contribution is 5.78. The molecule has 2 saturated heterocycles. The van der Waals surface area contributed by atoms with E-state index in [1.54, 1.807) is 0 Å². The van der Waals surface area contributed by atoms with Crippen molar-refractivity contribution < 1.29 is 65.0 Å². The van der Waals surface area contributed by atoms with Crippen molar-refractivity contribution in [2.75, 3.05) is 19.8 Å². The molecule has 6 rings (SSSR count). The SMILES string of the molecule is CC1(CO)OC(C(=O)O)(C2CCC3(C)C2CCC2C4(C)CCC(OC5OC(CO)C(O)C(O)C5O)C(C)(CO)C4CCC23C)CC(O)C1O. The van der Waals surface area contributed by atoms with Crippen LogP contribution in [0.1, 0.15) is 92.4 Å². The number of hydrogen-bond acceptors (Lipinski definition) is 12. The fraction of sp³-hybridized carbons (Fsp3) is 0.972. The summed E-state index contributed by atoms with van der Waals surface area (Å²) >= 11 is 0. The lowest BCUT2D eigenvalue weighted by atomic mass is 9.35. The van der Waals surface area contributed by atoms with Gasteiger partial charge < -0.3 is 60.2 Å². The number of fused-ring (bicyclic) bond motifs is 5. The van der Waals surface area contributed by atoms with Gasteiger partial charge in [0.2, 0.25) is 0 Å². The van der Waals surface area contributed by atoms with Crippen LogP contribution < -0.4 is 0 Å². The van der Waals surface area contributed by atoms with Crippen LogP contribution in [0.2, 0.25) is 0 Å². The normalized spacial score (nSPS) is 57.6. The maximum Gasteiger partial charge on any atom is 0.336 e. The highest BCUT2D eigenvalue weighted by atomic mass is 16.7. The van der Waals surface area contributed by atoms with E-state index in [1.165, 1.54) is 6.92 Å². The second-order valence-electron chi connectivity index (χ2n) is 17.8. The highest BCUT2D eigenvalue weighted by Crippen LogP contribution is 2.76. The number of carbonyl (C=O) groups is 1. The predicted octanol–water partition coefficient (Wildman–Crippen LogP) is 0.546. The summed E-state index contributed by atoms with van der Waals surface area (Å²) in [6.45, 7) is 9.09. The number of rotatable bonds is 7. The van der Waals surface area contributed by atoms with Crippen molar-refractivity contribution in [3.63, 3.8) is 0 Å². The quantitative estimate of drug-likeness (QED) is 0.166. The molecule has 282 valence electrons. The first kappa shape index (κ1) is 37.8. The molecule has 18 unspecified atom stereocenters. The Labute approximate surface area is 288 Å². The number of ether oxygens (including phenoxy) is 3. The van der Waals surface area contributed by atoms with E-state index in [9.17, 15) is 50.8 Å². The average molecular weight is 701 g/mol. The second-order valence-corrected chi connectivity index (χ2v) is 17.8. The van der Waals surface area contributed by atoms with Gasteiger partial charge in [-0.15, -0.1) is 0 Å². The molecule has 4 saturated carbocycles. The van der Waals surface area contributed by atoms with Gasteiger partial charge in [0.05, 0.1) is 32.0 Å². The number of aliphatic hydroxyl groups excluding tert-OH is 8. The first-order valence-corrected chi connectivity index (χ1v) is 18.3. The van der Waals surface area contributed by atoms with E-state index in [-0.39, 0.29) is 47.0 Å². The molecule has 0 aromatic carbocycles. The molecule has 0 spiro atoms.